The summed E-state index contributed by atoms with van der Waals surface area (Å²) in [6, 6.07) is 1.85. The zero-order chi connectivity index (χ0) is 13.4. The first kappa shape index (κ1) is 12.4. The molecule has 18 heavy (non-hydrogen) atoms. The number of non-ortho nitro benzene ring substituents is 2. The quantitative estimate of drug-likeness (QED) is 0.363. The van der Waals surface area contributed by atoms with Crippen LogP contribution in [0.2, 0.25) is 10.4 Å². The van der Waals surface area contributed by atoms with Crippen LogP contribution in [0.4, 0.5) is 11.4 Å². The SMILES string of the molecule is O=[N+]([O-])c1cc([N+](=O)[O-])c2nc(Cl)nc(Cl)c2c1. The Balaban J connectivity index is 2.94. The molecule has 0 N–H and O–H groups in total. The lowest BCUT2D eigenvalue weighted by atomic mass is 10.2. The third-order valence-corrected chi connectivity index (χ3v) is 2.56. The molecule has 0 atom stereocenters. The van der Waals surface area contributed by atoms with Crippen LogP contribution in [0.3, 0.4) is 0 Å². The van der Waals surface area contributed by atoms with Crippen LogP contribution in [0, 0.1) is 20.2 Å². The number of nitro benzene ring substituents is 2. The summed E-state index contributed by atoms with van der Waals surface area (Å²) < 4.78 is 0. The summed E-state index contributed by atoms with van der Waals surface area (Å²) in [5.74, 6) is 0. The van der Waals surface area contributed by atoms with Crippen LogP contribution in [0.15, 0.2) is 12.1 Å². The van der Waals surface area contributed by atoms with Crippen LogP contribution in [-0.4, -0.2) is 19.8 Å². The zero-order valence-electron chi connectivity index (χ0n) is 8.33. The van der Waals surface area contributed by atoms with Crippen molar-refractivity contribution in [2.24, 2.45) is 0 Å². The van der Waals surface area contributed by atoms with Crippen LogP contribution >= 0.6 is 23.2 Å². The van der Waals surface area contributed by atoms with E-state index in [9.17, 15) is 20.2 Å². The van der Waals surface area contributed by atoms with Gasteiger partial charge in [-0.25, -0.2) is 9.97 Å². The lowest BCUT2D eigenvalue weighted by Gasteiger charge is -2.01. The zero-order valence-corrected chi connectivity index (χ0v) is 9.84. The highest BCUT2D eigenvalue weighted by molar-refractivity contribution is 6.36. The van der Waals surface area contributed by atoms with Crippen LogP contribution in [-0.2, 0) is 0 Å². The molecule has 0 aliphatic heterocycles. The molecule has 1 aromatic carbocycles. The van der Waals surface area contributed by atoms with E-state index in [2.05, 4.69) is 9.97 Å². The standard InChI is InChI=1S/C8H2Cl2N4O4/c9-7-4-1-3(13(15)16)2-5(14(17)18)6(4)11-8(10)12-7/h1-2H. The number of fused-ring (bicyclic) bond motifs is 1. The van der Waals surface area contributed by atoms with Gasteiger partial charge in [0.15, 0.2) is 5.52 Å². The number of nitrogens with zero attached hydrogens (tertiary/aromatic N) is 4. The van der Waals surface area contributed by atoms with Crippen molar-refractivity contribution in [1.82, 2.24) is 9.97 Å². The molecule has 8 nitrogen and oxygen atoms in total. The van der Waals surface area contributed by atoms with E-state index >= 15 is 0 Å². The summed E-state index contributed by atoms with van der Waals surface area (Å²) in [4.78, 5) is 27.2. The molecule has 0 saturated heterocycles. The minimum atomic E-state index is -0.797. The Labute approximate surface area is 108 Å². The van der Waals surface area contributed by atoms with Gasteiger partial charge in [0.25, 0.3) is 5.69 Å². The van der Waals surface area contributed by atoms with Gasteiger partial charge >= 0.3 is 5.69 Å². The summed E-state index contributed by atoms with van der Waals surface area (Å²) in [5.41, 5.74) is -1.16. The molecule has 2 aromatic rings. The predicted molar refractivity (Wildman–Crippen MR) is 62.9 cm³/mol. The Morgan fingerprint density at radius 2 is 1.72 bits per heavy atom. The number of benzene rings is 1. The maximum absolute atomic E-state index is 10.8. The second kappa shape index (κ2) is 4.31. The summed E-state index contributed by atoms with van der Waals surface area (Å²) in [6.07, 6.45) is 0. The van der Waals surface area contributed by atoms with E-state index in [-0.39, 0.29) is 21.3 Å². The van der Waals surface area contributed by atoms with Crippen molar-refractivity contribution in [3.63, 3.8) is 0 Å². The molecule has 1 heterocycles. The van der Waals surface area contributed by atoms with Gasteiger partial charge in [-0.15, -0.1) is 0 Å². The second-order valence-corrected chi connectivity index (χ2v) is 3.85. The van der Waals surface area contributed by atoms with Crippen LogP contribution in [0.1, 0.15) is 0 Å². The molecule has 92 valence electrons. The molecule has 0 aliphatic carbocycles. The van der Waals surface area contributed by atoms with Crippen molar-refractivity contribution >= 4 is 45.5 Å². The van der Waals surface area contributed by atoms with Gasteiger partial charge in [-0.05, 0) is 11.6 Å². The molecule has 2 rings (SSSR count). The molecule has 0 unspecified atom stereocenters. The normalized spacial score (nSPS) is 10.6. The van der Waals surface area contributed by atoms with E-state index in [4.69, 9.17) is 23.2 Å². The average Bonchev–Trinajstić information content (AvgIpc) is 2.27. The molecule has 0 radical (unpaired) electrons. The van der Waals surface area contributed by atoms with Crippen LogP contribution < -0.4 is 0 Å². The monoisotopic (exact) mass is 288 g/mol. The number of hydrogen-bond acceptors (Lipinski definition) is 6. The lowest BCUT2D eigenvalue weighted by Crippen LogP contribution is -1.97. The van der Waals surface area contributed by atoms with Crippen LogP contribution in [0.5, 0.6) is 0 Å². The minimum Gasteiger partial charge on any atom is -0.258 e. The molecule has 0 aliphatic rings. The summed E-state index contributed by atoms with van der Waals surface area (Å²) >= 11 is 11.3. The van der Waals surface area contributed by atoms with Crippen molar-refractivity contribution in [2.45, 2.75) is 0 Å². The Morgan fingerprint density at radius 3 is 2.28 bits per heavy atom. The van der Waals surface area contributed by atoms with Gasteiger partial charge in [0.1, 0.15) is 5.15 Å². The van der Waals surface area contributed by atoms with Gasteiger partial charge in [0, 0.05) is 6.07 Å². The summed E-state index contributed by atoms with van der Waals surface area (Å²) in [5, 5.41) is 21.1. The van der Waals surface area contributed by atoms with Crippen molar-refractivity contribution < 1.29 is 9.85 Å². The molecule has 1 aromatic heterocycles. The number of hydrogen-bond donors (Lipinski definition) is 0. The fourth-order valence-corrected chi connectivity index (χ4v) is 1.82. The topological polar surface area (TPSA) is 112 Å². The highest BCUT2D eigenvalue weighted by Gasteiger charge is 2.22. The third kappa shape index (κ3) is 2.03. The lowest BCUT2D eigenvalue weighted by molar-refractivity contribution is -0.393. The molecule has 0 saturated carbocycles. The largest absolute Gasteiger partial charge is 0.302 e. The fourth-order valence-electron chi connectivity index (χ4n) is 1.38. The predicted octanol–water partition coefficient (Wildman–Crippen LogP) is 2.75. The Kier molecular flexibility index (Phi) is 2.97. The van der Waals surface area contributed by atoms with E-state index < -0.39 is 21.2 Å². The fraction of sp³-hybridized carbons (Fsp3) is 0. The van der Waals surface area contributed by atoms with E-state index in [0.717, 1.165) is 12.1 Å². The van der Waals surface area contributed by atoms with Crippen molar-refractivity contribution in [3.8, 4) is 0 Å². The van der Waals surface area contributed by atoms with Crippen molar-refractivity contribution in [3.05, 3.63) is 42.8 Å². The average molecular weight is 289 g/mol. The molecular weight excluding hydrogens is 287 g/mol. The molecule has 0 bridgehead atoms. The van der Waals surface area contributed by atoms with Gasteiger partial charge in [-0.1, -0.05) is 11.6 Å². The molecule has 0 spiro atoms. The Bertz CT molecular complexity index is 690. The summed E-state index contributed by atoms with van der Waals surface area (Å²) in [6.45, 7) is 0. The molecule has 10 heteroatoms. The minimum absolute atomic E-state index is 0.00182. The third-order valence-electron chi connectivity index (χ3n) is 2.10. The first-order valence-corrected chi connectivity index (χ1v) is 5.11. The van der Waals surface area contributed by atoms with E-state index in [0.29, 0.717) is 0 Å². The molecule has 0 amide bonds. The van der Waals surface area contributed by atoms with Gasteiger partial charge in [0.2, 0.25) is 5.28 Å². The maximum Gasteiger partial charge on any atom is 0.302 e. The van der Waals surface area contributed by atoms with Gasteiger partial charge < -0.3 is 0 Å². The van der Waals surface area contributed by atoms with E-state index in [1.807, 2.05) is 0 Å². The second-order valence-electron chi connectivity index (χ2n) is 3.16. The van der Waals surface area contributed by atoms with Gasteiger partial charge in [-0.3, -0.25) is 20.2 Å². The maximum atomic E-state index is 10.8. The van der Waals surface area contributed by atoms with Crippen LogP contribution in [0.25, 0.3) is 10.9 Å². The first-order valence-electron chi connectivity index (χ1n) is 4.35. The van der Waals surface area contributed by atoms with Crippen molar-refractivity contribution in [1.29, 1.82) is 0 Å². The number of aromatic nitrogens is 2. The highest BCUT2D eigenvalue weighted by Crippen LogP contribution is 2.33. The van der Waals surface area contributed by atoms with Gasteiger partial charge in [-0.2, -0.15) is 0 Å². The Morgan fingerprint density at radius 1 is 1.06 bits per heavy atom. The van der Waals surface area contributed by atoms with Crippen molar-refractivity contribution in [2.75, 3.05) is 0 Å². The number of rotatable bonds is 2. The van der Waals surface area contributed by atoms with E-state index in [1.165, 1.54) is 0 Å². The van der Waals surface area contributed by atoms with Gasteiger partial charge in [0.05, 0.1) is 21.3 Å². The Hall–Kier alpha value is -2.06. The number of nitro groups is 2. The van der Waals surface area contributed by atoms with E-state index in [1.54, 1.807) is 0 Å². The summed E-state index contributed by atoms with van der Waals surface area (Å²) in [7, 11) is 0. The molecular formula is C8H2Cl2N4O4. The first-order chi connectivity index (χ1) is 8.40. The number of halogens is 2. The molecule has 0 fully saturated rings. The highest BCUT2D eigenvalue weighted by atomic mass is 35.5. The smallest absolute Gasteiger partial charge is 0.258 e.